The average molecular weight is 246 g/mol. The van der Waals surface area contributed by atoms with Gasteiger partial charge in [-0.1, -0.05) is 25.3 Å². The quantitative estimate of drug-likeness (QED) is 0.885. The Kier molecular flexibility index (Phi) is 2.86. The number of H-pyrrole nitrogens is 1. The first-order chi connectivity index (χ1) is 8.81. The van der Waals surface area contributed by atoms with Crippen LogP contribution < -0.4 is 10.4 Å². The first kappa shape index (κ1) is 11.4. The largest absolute Gasteiger partial charge is 0.494 e. The molecule has 1 aromatic heterocycles. The lowest BCUT2D eigenvalue weighted by molar-refractivity contribution is 0.349. The van der Waals surface area contributed by atoms with Crippen molar-refractivity contribution in [3.63, 3.8) is 0 Å². The van der Waals surface area contributed by atoms with Crippen molar-refractivity contribution in [1.82, 2.24) is 9.55 Å². The maximum absolute atomic E-state index is 12.2. The van der Waals surface area contributed by atoms with Gasteiger partial charge in [0.15, 0.2) is 0 Å². The molecule has 0 bridgehead atoms. The lowest BCUT2D eigenvalue weighted by atomic mass is 9.95. The number of nitrogens with zero attached hydrogens (tertiary/aromatic N) is 1. The second-order valence-corrected chi connectivity index (χ2v) is 4.95. The van der Waals surface area contributed by atoms with E-state index in [2.05, 4.69) is 4.98 Å². The summed E-state index contributed by atoms with van der Waals surface area (Å²) in [6.45, 7) is 0. The molecule has 1 N–H and O–H groups in total. The molecule has 96 valence electrons. The highest BCUT2D eigenvalue weighted by molar-refractivity contribution is 5.82. The van der Waals surface area contributed by atoms with Gasteiger partial charge in [-0.25, -0.2) is 4.79 Å². The lowest BCUT2D eigenvalue weighted by Crippen LogP contribution is -2.24. The van der Waals surface area contributed by atoms with Crippen LogP contribution >= 0.6 is 0 Å². The maximum Gasteiger partial charge on any atom is 0.326 e. The number of aromatic amines is 1. The van der Waals surface area contributed by atoms with E-state index < -0.39 is 0 Å². The predicted octanol–water partition coefficient (Wildman–Crippen LogP) is 2.84. The Morgan fingerprint density at radius 3 is 2.78 bits per heavy atom. The number of hydrogen-bond donors (Lipinski definition) is 1. The molecule has 0 atom stereocenters. The molecule has 0 aliphatic heterocycles. The van der Waals surface area contributed by atoms with Crippen molar-refractivity contribution < 1.29 is 4.74 Å². The molecule has 3 rings (SSSR count). The van der Waals surface area contributed by atoms with Crippen molar-refractivity contribution in [2.45, 2.75) is 38.1 Å². The lowest BCUT2D eigenvalue weighted by Gasteiger charge is -2.23. The van der Waals surface area contributed by atoms with Crippen molar-refractivity contribution in [3.05, 3.63) is 28.7 Å². The van der Waals surface area contributed by atoms with Crippen LogP contribution in [0.25, 0.3) is 11.0 Å². The molecule has 1 saturated carbocycles. The Labute approximate surface area is 106 Å². The van der Waals surface area contributed by atoms with Crippen LogP contribution in [0, 0.1) is 0 Å². The van der Waals surface area contributed by atoms with Gasteiger partial charge in [-0.2, -0.15) is 0 Å². The second-order valence-electron chi connectivity index (χ2n) is 4.95. The van der Waals surface area contributed by atoms with E-state index >= 15 is 0 Å². The van der Waals surface area contributed by atoms with Crippen LogP contribution in [0.5, 0.6) is 5.75 Å². The van der Waals surface area contributed by atoms with Crippen molar-refractivity contribution in [2.75, 3.05) is 7.11 Å². The van der Waals surface area contributed by atoms with Crippen molar-refractivity contribution in [2.24, 2.45) is 0 Å². The maximum atomic E-state index is 12.2. The summed E-state index contributed by atoms with van der Waals surface area (Å²) in [5, 5.41) is 0. The van der Waals surface area contributed by atoms with Gasteiger partial charge in [-0.05, 0) is 25.0 Å². The van der Waals surface area contributed by atoms with Gasteiger partial charge in [0.1, 0.15) is 11.3 Å². The minimum Gasteiger partial charge on any atom is -0.494 e. The summed E-state index contributed by atoms with van der Waals surface area (Å²) in [7, 11) is 1.65. The highest BCUT2D eigenvalue weighted by Gasteiger charge is 2.21. The highest BCUT2D eigenvalue weighted by Crippen LogP contribution is 2.32. The summed E-state index contributed by atoms with van der Waals surface area (Å²) < 4.78 is 7.29. The van der Waals surface area contributed by atoms with Crippen LogP contribution in [0.4, 0.5) is 0 Å². The van der Waals surface area contributed by atoms with Crippen LogP contribution in [0.1, 0.15) is 38.1 Å². The van der Waals surface area contributed by atoms with Crippen molar-refractivity contribution in [1.29, 1.82) is 0 Å². The number of imidazole rings is 1. The Morgan fingerprint density at radius 1 is 1.28 bits per heavy atom. The third kappa shape index (κ3) is 1.72. The Balaban J connectivity index is 2.20. The zero-order chi connectivity index (χ0) is 12.5. The number of aromatic nitrogens is 2. The average Bonchev–Trinajstić information content (AvgIpc) is 2.75. The summed E-state index contributed by atoms with van der Waals surface area (Å²) in [5.41, 5.74) is 1.77. The summed E-state index contributed by atoms with van der Waals surface area (Å²) in [5.74, 6) is 0.774. The van der Waals surface area contributed by atoms with E-state index in [0.717, 1.165) is 29.6 Å². The summed E-state index contributed by atoms with van der Waals surface area (Å²) in [4.78, 5) is 15.1. The molecule has 2 aromatic rings. The molecule has 0 spiro atoms. The Hall–Kier alpha value is -1.71. The highest BCUT2D eigenvalue weighted by atomic mass is 16.5. The van der Waals surface area contributed by atoms with Gasteiger partial charge in [0.25, 0.3) is 0 Å². The van der Waals surface area contributed by atoms with E-state index in [1.807, 2.05) is 22.8 Å². The number of rotatable bonds is 2. The topological polar surface area (TPSA) is 47.0 Å². The monoisotopic (exact) mass is 246 g/mol. The minimum atomic E-state index is -0.0126. The first-order valence-electron chi connectivity index (χ1n) is 6.58. The summed E-state index contributed by atoms with van der Waals surface area (Å²) >= 11 is 0. The second kappa shape index (κ2) is 4.52. The zero-order valence-corrected chi connectivity index (χ0v) is 10.6. The molecule has 1 fully saturated rings. The molecule has 4 heteroatoms. The molecule has 1 aliphatic rings. The fourth-order valence-corrected chi connectivity index (χ4v) is 3.00. The fraction of sp³-hybridized carbons (Fsp3) is 0.500. The molecule has 4 nitrogen and oxygen atoms in total. The van der Waals surface area contributed by atoms with E-state index in [4.69, 9.17) is 4.74 Å². The van der Waals surface area contributed by atoms with Gasteiger partial charge in [-0.15, -0.1) is 0 Å². The third-order valence-electron chi connectivity index (χ3n) is 3.86. The van der Waals surface area contributed by atoms with E-state index in [1.54, 1.807) is 7.11 Å². The molecule has 0 saturated heterocycles. The molecule has 1 aliphatic carbocycles. The molecular formula is C14H18N2O2. The van der Waals surface area contributed by atoms with Gasteiger partial charge >= 0.3 is 5.69 Å². The third-order valence-corrected chi connectivity index (χ3v) is 3.86. The summed E-state index contributed by atoms with van der Waals surface area (Å²) in [6.07, 6.45) is 5.87. The number of ether oxygens (including phenoxy) is 1. The molecule has 18 heavy (non-hydrogen) atoms. The predicted molar refractivity (Wildman–Crippen MR) is 71.2 cm³/mol. The van der Waals surface area contributed by atoms with Crippen LogP contribution in [0.15, 0.2) is 23.0 Å². The van der Waals surface area contributed by atoms with E-state index in [0.29, 0.717) is 6.04 Å². The normalized spacial score (nSPS) is 17.2. The van der Waals surface area contributed by atoms with E-state index in [1.165, 1.54) is 19.3 Å². The first-order valence-corrected chi connectivity index (χ1v) is 6.58. The van der Waals surface area contributed by atoms with Crippen molar-refractivity contribution in [3.8, 4) is 5.75 Å². The van der Waals surface area contributed by atoms with E-state index in [9.17, 15) is 4.79 Å². The Morgan fingerprint density at radius 2 is 2.06 bits per heavy atom. The number of para-hydroxylation sites is 1. The van der Waals surface area contributed by atoms with Gasteiger partial charge in [0, 0.05) is 6.04 Å². The van der Waals surface area contributed by atoms with Gasteiger partial charge < -0.3 is 9.72 Å². The van der Waals surface area contributed by atoms with Crippen LogP contribution in [-0.2, 0) is 0 Å². The van der Waals surface area contributed by atoms with E-state index in [-0.39, 0.29) is 5.69 Å². The molecule has 0 radical (unpaired) electrons. The van der Waals surface area contributed by atoms with Crippen LogP contribution in [0.2, 0.25) is 0 Å². The van der Waals surface area contributed by atoms with Crippen LogP contribution in [-0.4, -0.2) is 16.7 Å². The number of fused-ring (bicyclic) bond motifs is 1. The van der Waals surface area contributed by atoms with Gasteiger partial charge in [0.2, 0.25) is 0 Å². The smallest absolute Gasteiger partial charge is 0.326 e. The van der Waals surface area contributed by atoms with Crippen molar-refractivity contribution >= 4 is 11.0 Å². The zero-order valence-electron chi connectivity index (χ0n) is 10.6. The SMILES string of the molecule is COc1cccc2[nH]c(=O)n(C3CCCCC3)c12. The number of hydrogen-bond acceptors (Lipinski definition) is 2. The molecule has 1 aromatic carbocycles. The number of nitrogens with one attached hydrogen (secondary N) is 1. The number of benzene rings is 1. The van der Waals surface area contributed by atoms with Gasteiger partial charge in [-0.3, -0.25) is 4.57 Å². The minimum absolute atomic E-state index is 0.0126. The van der Waals surface area contributed by atoms with Crippen LogP contribution in [0.3, 0.4) is 0 Å². The fourth-order valence-electron chi connectivity index (χ4n) is 3.00. The molecule has 0 amide bonds. The summed E-state index contributed by atoms with van der Waals surface area (Å²) in [6, 6.07) is 6.06. The molecule has 1 heterocycles. The molecular weight excluding hydrogens is 228 g/mol. The molecule has 0 unspecified atom stereocenters. The Bertz CT molecular complexity index is 606. The standard InChI is InChI=1S/C14H18N2O2/c1-18-12-9-5-8-11-13(12)16(14(17)15-11)10-6-3-2-4-7-10/h5,8-10H,2-4,6-7H2,1H3,(H,15,17). The van der Waals surface area contributed by atoms with Gasteiger partial charge in [0.05, 0.1) is 12.6 Å². The number of methoxy groups -OCH3 is 1.